The molecular formula is C20H23N5OS. The lowest BCUT2D eigenvalue weighted by molar-refractivity contribution is 0.0960. The number of aromatic nitrogens is 2. The second kappa shape index (κ2) is 7.25. The second-order valence-electron chi connectivity index (χ2n) is 6.92. The number of hydrogen-bond acceptors (Lipinski definition) is 6. The summed E-state index contributed by atoms with van der Waals surface area (Å²) in [4.78, 5) is 22.5. The van der Waals surface area contributed by atoms with Crippen molar-refractivity contribution in [2.75, 3.05) is 12.3 Å². The van der Waals surface area contributed by atoms with Gasteiger partial charge >= 0.3 is 0 Å². The molecule has 1 saturated carbocycles. The summed E-state index contributed by atoms with van der Waals surface area (Å²) in [5.74, 6) is 0.131. The highest BCUT2D eigenvalue weighted by Gasteiger charge is 2.21. The van der Waals surface area contributed by atoms with E-state index in [-0.39, 0.29) is 11.9 Å². The Morgan fingerprint density at radius 2 is 2.11 bits per heavy atom. The lowest BCUT2D eigenvalue weighted by Gasteiger charge is -2.11. The topological polar surface area (TPSA) is 92.9 Å². The van der Waals surface area contributed by atoms with E-state index in [1.807, 2.05) is 13.0 Å². The molecule has 0 aliphatic heterocycles. The number of thiophene rings is 1. The summed E-state index contributed by atoms with van der Waals surface area (Å²) < 4.78 is 0. The van der Waals surface area contributed by atoms with E-state index in [4.69, 9.17) is 5.73 Å². The zero-order valence-corrected chi connectivity index (χ0v) is 16.3. The van der Waals surface area contributed by atoms with Crippen molar-refractivity contribution in [2.45, 2.75) is 39.3 Å². The monoisotopic (exact) mass is 381 g/mol. The molecule has 0 radical (unpaired) electrons. The summed E-state index contributed by atoms with van der Waals surface area (Å²) in [6, 6.07) is 8.95. The van der Waals surface area contributed by atoms with Gasteiger partial charge in [0.15, 0.2) is 0 Å². The first-order valence-corrected chi connectivity index (χ1v) is 10.1. The SMILES string of the molecule is CCNC(=O)c1cc2c(-c3cc(CNC4CC4)ccc3C)nc(N)nc2s1. The van der Waals surface area contributed by atoms with E-state index in [0.717, 1.165) is 33.6 Å². The fourth-order valence-electron chi connectivity index (χ4n) is 3.09. The van der Waals surface area contributed by atoms with Gasteiger partial charge in [0.1, 0.15) is 4.83 Å². The van der Waals surface area contributed by atoms with Gasteiger partial charge < -0.3 is 16.4 Å². The van der Waals surface area contributed by atoms with Gasteiger partial charge in [0.05, 0.1) is 10.6 Å². The van der Waals surface area contributed by atoms with Crippen LogP contribution in [0.2, 0.25) is 0 Å². The average Bonchev–Trinajstić information content (AvgIpc) is 3.37. The summed E-state index contributed by atoms with van der Waals surface area (Å²) in [6.07, 6.45) is 2.53. The number of nitrogens with zero attached hydrogens (tertiary/aromatic N) is 2. The van der Waals surface area contributed by atoms with Crippen molar-refractivity contribution in [3.63, 3.8) is 0 Å². The minimum atomic E-state index is -0.0934. The van der Waals surface area contributed by atoms with Crippen molar-refractivity contribution in [3.8, 4) is 11.3 Å². The molecule has 2 heterocycles. The Kier molecular flexibility index (Phi) is 4.80. The Morgan fingerprint density at radius 3 is 2.85 bits per heavy atom. The van der Waals surface area contributed by atoms with Crippen molar-refractivity contribution in [2.24, 2.45) is 0 Å². The fourth-order valence-corrected chi connectivity index (χ4v) is 4.04. The molecule has 4 rings (SSSR count). The lowest BCUT2D eigenvalue weighted by atomic mass is 10.00. The summed E-state index contributed by atoms with van der Waals surface area (Å²) in [7, 11) is 0. The van der Waals surface area contributed by atoms with Gasteiger partial charge in [0.2, 0.25) is 5.95 Å². The first-order chi connectivity index (χ1) is 13.0. The third-order valence-corrected chi connectivity index (χ3v) is 5.73. The zero-order valence-electron chi connectivity index (χ0n) is 15.5. The van der Waals surface area contributed by atoms with Crippen LogP contribution in [0.5, 0.6) is 0 Å². The molecule has 3 aromatic rings. The number of rotatable bonds is 6. The molecule has 0 unspecified atom stereocenters. The van der Waals surface area contributed by atoms with Crippen LogP contribution in [0.15, 0.2) is 24.3 Å². The first-order valence-electron chi connectivity index (χ1n) is 9.23. The zero-order chi connectivity index (χ0) is 19.0. The van der Waals surface area contributed by atoms with E-state index in [9.17, 15) is 4.79 Å². The maximum absolute atomic E-state index is 12.2. The molecule has 1 amide bonds. The molecule has 27 heavy (non-hydrogen) atoms. The normalized spacial score (nSPS) is 13.9. The third-order valence-electron chi connectivity index (χ3n) is 4.70. The number of aryl methyl sites for hydroxylation is 1. The van der Waals surface area contributed by atoms with Crippen molar-refractivity contribution >= 4 is 33.4 Å². The summed E-state index contributed by atoms with van der Waals surface area (Å²) in [5.41, 5.74) is 10.1. The number of nitrogens with one attached hydrogen (secondary N) is 2. The first kappa shape index (κ1) is 17.9. The van der Waals surface area contributed by atoms with Crippen molar-refractivity contribution < 1.29 is 4.79 Å². The molecule has 1 fully saturated rings. The van der Waals surface area contributed by atoms with E-state index in [1.54, 1.807) is 0 Å². The van der Waals surface area contributed by atoms with E-state index in [1.165, 1.54) is 29.7 Å². The van der Waals surface area contributed by atoms with Gasteiger partial charge in [0, 0.05) is 30.1 Å². The van der Waals surface area contributed by atoms with E-state index >= 15 is 0 Å². The Bertz CT molecular complexity index is 1010. The summed E-state index contributed by atoms with van der Waals surface area (Å²) in [5, 5.41) is 7.24. The van der Waals surface area contributed by atoms with Gasteiger partial charge in [-0.25, -0.2) is 9.97 Å². The molecular weight excluding hydrogens is 358 g/mol. The standard InChI is InChI=1S/C20H23N5OS/c1-3-22-18(26)16-9-15-17(24-20(21)25-19(15)27-16)14-8-12(5-4-11(14)2)10-23-13-6-7-13/h4-5,8-9,13,23H,3,6-7,10H2,1-2H3,(H,22,26)(H2,21,24,25). The van der Waals surface area contributed by atoms with Gasteiger partial charge in [-0.3, -0.25) is 4.79 Å². The molecule has 140 valence electrons. The number of fused-ring (bicyclic) bond motifs is 1. The second-order valence-corrected chi connectivity index (χ2v) is 7.95. The van der Waals surface area contributed by atoms with Crippen LogP contribution >= 0.6 is 11.3 Å². The van der Waals surface area contributed by atoms with Crippen molar-refractivity contribution in [1.82, 2.24) is 20.6 Å². The predicted molar refractivity (Wildman–Crippen MR) is 110 cm³/mol. The lowest BCUT2D eigenvalue weighted by Crippen LogP contribution is -2.21. The van der Waals surface area contributed by atoms with E-state index < -0.39 is 0 Å². The molecule has 2 aromatic heterocycles. The molecule has 1 aromatic carbocycles. The third kappa shape index (κ3) is 3.79. The van der Waals surface area contributed by atoms with Crippen molar-refractivity contribution in [1.29, 1.82) is 0 Å². The minimum absolute atomic E-state index is 0.0934. The Labute approximate surface area is 162 Å². The number of hydrogen-bond donors (Lipinski definition) is 3. The molecule has 7 heteroatoms. The highest BCUT2D eigenvalue weighted by atomic mass is 32.1. The Balaban J connectivity index is 1.77. The molecule has 0 saturated heterocycles. The van der Waals surface area contributed by atoms with Crippen molar-refractivity contribution in [3.05, 3.63) is 40.3 Å². The molecule has 6 nitrogen and oxygen atoms in total. The van der Waals surface area contributed by atoms with Crippen LogP contribution in [0, 0.1) is 6.92 Å². The van der Waals surface area contributed by atoms with Crippen LogP contribution in [-0.4, -0.2) is 28.5 Å². The highest BCUT2D eigenvalue weighted by Crippen LogP contribution is 2.34. The number of benzene rings is 1. The summed E-state index contributed by atoms with van der Waals surface area (Å²) >= 11 is 1.35. The number of carbonyl (C=O) groups excluding carboxylic acids is 1. The fraction of sp³-hybridized carbons (Fsp3) is 0.350. The van der Waals surface area contributed by atoms with Gasteiger partial charge in [0.25, 0.3) is 5.91 Å². The number of amides is 1. The van der Waals surface area contributed by atoms with Gasteiger partial charge in [-0.2, -0.15) is 0 Å². The van der Waals surface area contributed by atoms with E-state index in [0.29, 0.717) is 17.5 Å². The quantitative estimate of drug-likeness (QED) is 0.609. The summed E-state index contributed by atoms with van der Waals surface area (Å²) in [6.45, 7) is 5.39. The maximum Gasteiger partial charge on any atom is 0.261 e. The van der Waals surface area contributed by atoms with Crippen LogP contribution in [0.4, 0.5) is 5.95 Å². The Hall–Kier alpha value is -2.51. The maximum atomic E-state index is 12.2. The molecule has 4 N–H and O–H groups in total. The number of nitrogen functional groups attached to an aromatic ring is 1. The minimum Gasteiger partial charge on any atom is -0.368 e. The number of anilines is 1. The largest absolute Gasteiger partial charge is 0.368 e. The highest BCUT2D eigenvalue weighted by molar-refractivity contribution is 7.20. The molecule has 0 atom stereocenters. The smallest absolute Gasteiger partial charge is 0.261 e. The Morgan fingerprint density at radius 1 is 1.30 bits per heavy atom. The van der Waals surface area contributed by atoms with Crippen LogP contribution in [-0.2, 0) is 6.54 Å². The molecule has 0 bridgehead atoms. The number of nitrogens with two attached hydrogens (primary N) is 1. The number of carbonyl (C=O) groups is 1. The van der Waals surface area contributed by atoms with Gasteiger partial charge in [-0.05, 0) is 49.9 Å². The van der Waals surface area contributed by atoms with Crippen LogP contribution in [0.3, 0.4) is 0 Å². The van der Waals surface area contributed by atoms with Gasteiger partial charge in [-0.15, -0.1) is 11.3 Å². The molecule has 1 aliphatic carbocycles. The van der Waals surface area contributed by atoms with Crippen LogP contribution in [0.1, 0.15) is 40.6 Å². The average molecular weight is 382 g/mol. The predicted octanol–water partition coefficient (Wildman–Crippen LogP) is 3.25. The van der Waals surface area contributed by atoms with Crippen LogP contribution < -0.4 is 16.4 Å². The molecule has 0 spiro atoms. The molecule has 1 aliphatic rings. The van der Waals surface area contributed by atoms with Gasteiger partial charge in [-0.1, -0.05) is 12.1 Å². The van der Waals surface area contributed by atoms with E-state index in [2.05, 4.69) is 45.7 Å². The van der Waals surface area contributed by atoms with Crippen LogP contribution in [0.25, 0.3) is 21.5 Å².